The van der Waals surface area contributed by atoms with E-state index in [2.05, 4.69) is 5.32 Å². The monoisotopic (exact) mass is 433 g/mol. The molecule has 0 atom stereocenters. The molecule has 2 heterocycles. The van der Waals surface area contributed by atoms with Crippen molar-refractivity contribution in [1.82, 2.24) is 9.88 Å². The third-order valence-corrected chi connectivity index (χ3v) is 5.61. The molecule has 1 N–H and O–H groups in total. The van der Waals surface area contributed by atoms with Crippen molar-refractivity contribution in [1.29, 1.82) is 0 Å². The quantitative estimate of drug-likeness (QED) is 0.379. The van der Waals surface area contributed by atoms with Crippen molar-refractivity contribution in [3.8, 4) is 5.69 Å². The van der Waals surface area contributed by atoms with Gasteiger partial charge in [0, 0.05) is 11.4 Å². The number of nitrogens with zero attached hydrogens (tertiary/aromatic N) is 2. The zero-order valence-electron chi connectivity index (χ0n) is 17.3. The summed E-state index contributed by atoms with van der Waals surface area (Å²) >= 11 is 5.27. The lowest BCUT2D eigenvalue weighted by Crippen LogP contribution is -2.54. The van der Waals surface area contributed by atoms with Crippen molar-refractivity contribution in [3.05, 3.63) is 88.5 Å². The summed E-state index contributed by atoms with van der Waals surface area (Å²) in [5.74, 6) is -1.42. The highest BCUT2D eigenvalue weighted by Crippen LogP contribution is 2.28. The summed E-state index contributed by atoms with van der Waals surface area (Å²) in [6.45, 7) is 5.53. The maximum atomic E-state index is 14.4. The Morgan fingerprint density at radius 3 is 2.29 bits per heavy atom. The van der Waals surface area contributed by atoms with Crippen LogP contribution in [-0.4, -0.2) is 21.5 Å². The van der Waals surface area contributed by atoms with Crippen LogP contribution in [0.1, 0.15) is 22.5 Å². The molecule has 4 rings (SSSR count). The summed E-state index contributed by atoms with van der Waals surface area (Å²) in [4.78, 5) is 27.2. The smallest absolute Gasteiger partial charge is 0.270 e. The number of para-hydroxylation sites is 2. The second-order valence-corrected chi connectivity index (χ2v) is 7.74. The number of aryl methyl sites for hydroxylation is 2. The Hall–Kier alpha value is -3.58. The van der Waals surface area contributed by atoms with Gasteiger partial charge in [0.05, 0.1) is 11.4 Å². The number of hydrogen-bond acceptors (Lipinski definition) is 3. The van der Waals surface area contributed by atoms with Gasteiger partial charge in [-0.05, 0) is 74.5 Å². The first-order valence-electron chi connectivity index (χ1n) is 9.70. The highest BCUT2D eigenvalue weighted by Gasteiger charge is 2.35. The molecule has 0 unspecified atom stereocenters. The minimum Gasteiger partial charge on any atom is -0.315 e. The largest absolute Gasteiger partial charge is 0.315 e. The number of hydrogen-bond donors (Lipinski definition) is 1. The van der Waals surface area contributed by atoms with Crippen LogP contribution in [0.25, 0.3) is 11.8 Å². The number of benzene rings is 2. The van der Waals surface area contributed by atoms with Gasteiger partial charge in [0.1, 0.15) is 11.4 Å². The van der Waals surface area contributed by atoms with E-state index in [1.165, 1.54) is 17.0 Å². The standard InChI is InChI=1S/C24H20FN3O2S/c1-14-8-4-6-10-20(14)28-23(30)18(22(29)26-24(28)31)13-17-12-15(2)27(16(17)3)21-11-7-5-9-19(21)25/h4-13H,1-3H3,(H,26,29,31)/b18-13+. The zero-order chi connectivity index (χ0) is 22.3. The molecule has 1 saturated heterocycles. The van der Waals surface area contributed by atoms with Crippen LogP contribution in [0.3, 0.4) is 0 Å². The van der Waals surface area contributed by atoms with Gasteiger partial charge in [0.15, 0.2) is 5.11 Å². The van der Waals surface area contributed by atoms with Gasteiger partial charge >= 0.3 is 0 Å². The predicted molar refractivity (Wildman–Crippen MR) is 123 cm³/mol. The van der Waals surface area contributed by atoms with Gasteiger partial charge in [0.25, 0.3) is 11.8 Å². The van der Waals surface area contributed by atoms with E-state index in [0.717, 1.165) is 11.3 Å². The van der Waals surface area contributed by atoms with Crippen molar-refractivity contribution in [2.24, 2.45) is 0 Å². The summed E-state index contributed by atoms with van der Waals surface area (Å²) in [5.41, 5.74) is 3.98. The molecule has 2 amide bonds. The van der Waals surface area contributed by atoms with E-state index in [-0.39, 0.29) is 16.5 Å². The molecule has 0 saturated carbocycles. The van der Waals surface area contributed by atoms with Crippen LogP contribution in [-0.2, 0) is 9.59 Å². The molecule has 1 aromatic heterocycles. The van der Waals surface area contributed by atoms with Crippen molar-refractivity contribution in [3.63, 3.8) is 0 Å². The molecule has 0 bridgehead atoms. The third-order valence-electron chi connectivity index (χ3n) is 5.32. The third kappa shape index (κ3) is 3.57. The average molecular weight is 434 g/mol. The Morgan fingerprint density at radius 1 is 0.968 bits per heavy atom. The van der Waals surface area contributed by atoms with E-state index in [4.69, 9.17) is 12.2 Å². The Balaban J connectivity index is 1.80. The Labute approximate surface area is 184 Å². The van der Waals surface area contributed by atoms with Crippen LogP contribution < -0.4 is 10.2 Å². The Kier molecular flexibility index (Phi) is 5.29. The molecule has 31 heavy (non-hydrogen) atoms. The van der Waals surface area contributed by atoms with Crippen LogP contribution >= 0.6 is 12.2 Å². The first kappa shape index (κ1) is 20.7. The number of aromatic nitrogens is 1. The van der Waals surface area contributed by atoms with Crippen molar-refractivity contribution >= 4 is 40.9 Å². The van der Waals surface area contributed by atoms with Crippen molar-refractivity contribution < 1.29 is 14.0 Å². The predicted octanol–water partition coefficient (Wildman–Crippen LogP) is 4.37. The molecule has 2 aromatic carbocycles. The number of amides is 2. The number of halogens is 1. The van der Waals surface area contributed by atoms with E-state index >= 15 is 0 Å². The van der Waals surface area contributed by atoms with E-state index in [9.17, 15) is 14.0 Å². The van der Waals surface area contributed by atoms with Crippen molar-refractivity contribution in [2.45, 2.75) is 20.8 Å². The van der Waals surface area contributed by atoms with E-state index < -0.39 is 11.8 Å². The van der Waals surface area contributed by atoms with Crippen LogP contribution in [0, 0.1) is 26.6 Å². The van der Waals surface area contributed by atoms with Crippen LogP contribution in [0.2, 0.25) is 0 Å². The summed E-state index contributed by atoms with van der Waals surface area (Å²) in [6, 6.07) is 15.6. The first-order chi connectivity index (χ1) is 14.8. The first-order valence-corrected chi connectivity index (χ1v) is 10.1. The fraction of sp³-hybridized carbons (Fsp3) is 0.125. The lowest BCUT2D eigenvalue weighted by atomic mass is 10.1. The van der Waals surface area contributed by atoms with Gasteiger partial charge in [-0.1, -0.05) is 30.3 Å². The lowest BCUT2D eigenvalue weighted by molar-refractivity contribution is -0.122. The lowest BCUT2D eigenvalue weighted by Gasteiger charge is -2.30. The Morgan fingerprint density at radius 2 is 1.61 bits per heavy atom. The second-order valence-electron chi connectivity index (χ2n) is 7.36. The van der Waals surface area contributed by atoms with Gasteiger partial charge in [-0.15, -0.1) is 0 Å². The molecule has 1 aliphatic heterocycles. The maximum Gasteiger partial charge on any atom is 0.270 e. The molecule has 1 aliphatic rings. The summed E-state index contributed by atoms with van der Waals surface area (Å²) in [5, 5.41) is 2.64. The van der Waals surface area contributed by atoms with Crippen LogP contribution in [0.4, 0.5) is 10.1 Å². The summed E-state index contributed by atoms with van der Waals surface area (Å²) < 4.78 is 16.1. The molecule has 5 nitrogen and oxygen atoms in total. The number of carbonyl (C=O) groups is 2. The van der Waals surface area contributed by atoms with Gasteiger partial charge < -0.3 is 4.57 Å². The number of rotatable bonds is 3. The molecule has 0 aliphatic carbocycles. The van der Waals surface area contributed by atoms with Gasteiger partial charge in [-0.3, -0.25) is 19.8 Å². The van der Waals surface area contributed by atoms with Gasteiger partial charge in [-0.2, -0.15) is 0 Å². The van der Waals surface area contributed by atoms with E-state index in [1.807, 2.05) is 39.0 Å². The van der Waals surface area contributed by atoms with Crippen molar-refractivity contribution in [2.75, 3.05) is 4.90 Å². The minimum atomic E-state index is -0.560. The highest BCUT2D eigenvalue weighted by atomic mass is 32.1. The zero-order valence-corrected chi connectivity index (χ0v) is 18.1. The van der Waals surface area contributed by atoms with E-state index in [1.54, 1.807) is 34.9 Å². The molecular weight excluding hydrogens is 413 g/mol. The second kappa shape index (κ2) is 7.92. The fourth-order valence-electron chi connectivity index (χ4n) is 3.78. The van der Waals surface area contributed by atoms with Crippen LogP contribution in [0.15, 0.2) is 60.2 Å². The van der Waals surface area contributed by atoms with E-state index in [0.29, 0.717) is 22.6 Å². The molecule has 7 heteroatoms. The fourth-order valence-corrected chi connectivity index (χ4v) is 4.06. The minimum absolute atomic E-state index is 0.0364. The maximum absolute atomic E-state index is 14.4. The molecule has 0 spiro atoms. The highest BCUT2D eigenvalue weighted by molar-refractivity contribution is 7.80. The molecule has 1 fully saturated rings. The van der Waals surface area contributed by atoms with Gasteiger partial charge in [0.2, 0.25) is 0 Å². The number of carbonyl (C=O) groups excluding carboxylic acids is 2. The van der Waals surface area contributed by atoms with Crippen LogP contribution in [0.5, 0.6) is 0 Å². The van der Waals surface area contributed by atoms with Gasteiger partial charge in [-0.25, -0.2) is 4.39 Å². The summed E-state index contributed by atoms with van der Waals surface area (Å²) in [6.07, 6.45) is 1.53. The molecule has 156 valence electrons. The topological polar surface area (TPSA) is 54.3 Å². The average Bonchev–Trinajstić information content (AvgIpc) is 3.00. The number of anilines is 1. The normalized spacial score (nSPS) is 15.5. The summed E-state index contributed by atoms with van der Waals surface area (Å²) in [7, 11) is 0. The molecule has 3 aromatic rings. The molecule has 0 radical (unpaired) electrons. The Bertz CT molecular complexity index is 1280. The molecular formula is C24H20FN3O2S. The number of thiocarbonyl (C=S) groups is 1. The number of nitrogens with one attached hydrogen (secondary N) is 1. The SMILES string of the molecule is Cc1ccccc1N1C(=O)/C(=C/c2cc(C)n(-c3ccccc3F)c2C)C(=O)NC1=S.